The minimum Gasteiger partial charge on any atom is -0.380 e. The number of likely N-dealkylation sites (N-methyl/N-ethyl adjacent to an activating group) is 1. The van der Waals surface area contributed by atoms with Crippen molar-refractivity contribution in [1.82, 2.24) is 5.32 Å². The van der Waals surface area contributed by atoms with Crippen molar-refractivity contribution in [1.29, 1.82) is 5.26 Å². The van der Waals surface area contributed by atoms with Gasteiger partial charge in [0.2, 0.25) is 0 Å². The molecule has 1 aliphatic carbocycles. The minimum atomic E-state index is -0.172. The van der Waals surface area contributed by atoms with E-state index in [1.54, 1.807) is 18.2 Å². The number of anilines is 1. The van der Waals surface area contributed by atoms with E-state index in [9.17, 15) is 10.1 Å². The highest BCUT2D eigenvalue weighted by Gasteiger charge is 2.30. The van der Waals surface area contributed by atoms with Crippen molar-refractivity contribution < 1.29 is 9.53 Å². The van der Waals surface area contributed by atoms with E-state index in [0.717, 1.165) is 17.8 Å². The van der Waals surface area contributed by atoms with Crippen LogP contribution in [-0.2, 0) is 4.74 Å². The van der Waals surface area contributed by atoms with Gasteiger partial charge in [-0.3, -0.25) is 4.79 Å². The molecule has 0 spiro atoms. The summed E-state index contributed by atoms with van der Waals surface area (Å²) in [6, 6.07) is 7.58. The fraction of sp³-hybridized carbons (Fsp3) is 0.400. The van der Waals surface area contributed by atoms with Gasteiger partial charge in [0.1, 0.15) is 15.9 Å². The number of nitriles is 1. The Balaban J connectivity index is 2.08. The number of benzene rings is 1. The van der Waals surface area contributed by atoms with Crippen LogP contribution < -0.4 is 10.2 Å². The van der Waals surface area contributed by atoms with Crippen molar-refractivity contribution in [3.8, 4) is 17.2 Å². The lowest BCUT2D eigenvalue weighted by molar-refractivity contribution is 0.0955. The molecule has 1 fully saturated rings. The molecule has 0 aliphatic heterocycles. The maximum Gasteiger partial charge on any atom is 0.262 e. The fourth-order valence-corrected chi connectivity index (χ4v) is 4.49. The predicted octanol–water partition coefficient (Wildman–Crippen LogP) is 4.96. The molecule has 0 unspecified atom stereocenters. The third-order valence-corrected chi connectivity index (χ3v) is 6.29. The van der Waals surface area contributed by atoms with Gasteiger partial charge < -0.3 is 15.0 Å². The first-order valence-electron chi connectivity index (χ1n) is 9.08. The van der Waals surface area contributed by atoms with Crippen LogP contribution >= 0.6 is 34.5 Å². The summed E-state index contributed by atoms with van der Waals surface area (Å²) < 4.78 is 5.43. The number of ether oxygens (including phenoxy) is 1. The molecular weight excluding hydrogens is 417 g/mol. The lowest BCUT2D eigenvalue weighted by Crippen LogP contribution is -2.25. The molecule has 5 nitrogen and oxygen atoms in total. The van der Waals surface area contributed by atoms with E-state index in [1.807, 2.05) is 18.9 Å². The molecule has 0 atom stereocenters. The highest BCUT2D eigenvalue weighted by molar-refractivity contribution is 7.19. The van der Waals surface area contributed by atoms with Crippen LogP contribution in [-0.4, -0.2) is 38.8 Å². The average molecular weight is 438 g/mol. The van der Waals surface area contributed by atoms with Crippen LogP contribution in [0.1, 0.15) is 35.0 Å². The third-order valence-electron chi connectivity index (χ3n) is 4.44. The molecule has 3 rings (SSSR count). The number of nitrogens with one attached hydrogen (secondary N) is 1. The molecule has 2 aromatic rings. The second-order valence-electron chi connectivity index (χ2n) is 6.59. The smallest absolute Gasteiger partial charge is 0.262 e. The fourth-order valence-electron chi connectivity index (χ4n) is 2.83. The van der Waals surface area contributed by atoms with Gasteiger partial charge in [-0.15, -0.1) is 11.3 Å². The van der Waals surface area contributed by atoms with Crippen LogP contribution in [0.15, 0.2) is 18.2 Å². The Morgan fingerprint density at radius 2 is 2.18 bits per heavy atom. The van der Waals surface area contributed by atoms with Gasteiger partial charge in [-0.2, -0.15) is 5.26 Å². The standard InChI is InChI=1S/C20H21Cl2N3O2S/c1-3-27-9-8-25(2)20-15(11-23)17(14-7-4-12(21)10-16(14)22)18(28-20)19(26)24-13-5-6-13/h4,7,10,13H,3,5-6,8-9H2,1-2H3,(H,24,26). The molecule has 1 amide bonds. The average Bonchev–Trinajstić information content (AvgIpc) is 3.38. The van der Waals surface area contributed by atoms with E-state index in [1.165, 1.54) is 11.3 Å². The Kier molecular flexibility index (Phi) is 6.84. The molecule has 8 heteroatoms. The molecule has 0 saturated heterocycles. The lowest BCUT2D eigenvalue weighted by atomic mass is 10.0. The van der Waals surface area contributed by atoms with Gasteiger partial charge in [-0.05, 0) is 31.9 Å². The molecule has 1 aromatic carbocycles. The maximum absolute atomic E-state index is 12.9. The van der Waals surface area contributed by atoms with Crippen LogP contribution in [0.25, 0.3) is 11.1 Å². The quantitative estimate of drug-likeness (QED) is 0.592. The Morgan fingerprint density at radius 3 is 2.79 bits per heavy atom. The molecule has 148 valence electrons. The summed E-state index contributed by atoms with van der Waals surface area (Å²) in [4.78, 5) is 15.3. The van der Waals surface area contributed by atoms with E-state index in [-0.39, 0.29) is 11.9 Å². The van der Waals surface area contributed by atoms with Crippen LogP contribution in [0.4, 0.5) is 5.00 Å². The van der Waals surface area contributed by atoms with Crippen molar-refractivity contribution in [2.24, 2.45) is 0 Å². The molecule has 1 N–H and O–H groups in total. The summed E-state index contributed by atoms with van der Waals surface area (Å²) in [5.74, 6) is -0.172. The van der Waals surface area contributed by atoms with Gasteiger partial charge in [0, 0.05) is 47.4 Å². The molecule has 1 saturated carbocycles. The van der Waals surface area contributed by atoms with Gasteiger partial charge in [-0.25, -0.2) is 0 Å². The summed E-state index contributed by atoms with van der Waals surface area (Å²) in [5, 5.41) is 14.6. The first-order valence-corrected chi connectivity index (χ1v) is 10.7. The number of carbonyl (C=O) groups is 1. The molecule has 0 radical (unpaired) electrons. The van der Waals surface area contributed by atoms with Crippen LogP contribution in [0.3, 0.4) is 0 Å². The normalized spacial score (nSPS) is 13.2. The molecule has 0 bridgehead atoms. The monoisotopic (exact) mass is 437 g/mol. The maximum atomic E-state index is 12.9. The Morgan fingerprint density at radius 1 is 1.43 bits per heavy atom. The molecule has 1 heterocycles. The second-order valence-corrected chi connectivity index (χ2v) is 8.43. The van der Waals surface area contributed by atoms with Crippen molar-refractivity contribution in [3.05, 3.63) is 38.7 Å². The number of hydrogen-bond donors (Lipinski definition) is 1. The number of thiophene rings is 1. The second kappa shape index (κ2) is 9.15. The summed E-state index contributed by atoms with van der Waals surface area (Å²) in [7, 11) is 1.89. The van der Waals surface area contributed by atoms with Gasteiger partial charge >= 0.3 is 0 Å². The van der Waals surface area contributed by atoms with Gasteiger partial charge in [-0.1, -0.05) is 29.3 Å². The summed E-state index contributed by atoms with van der Waals surface area (Å²) in [5.41, 5.74) is 1.63. The van der Waals surface area contributed by atoms with E-state index in [0.29, 0.717) is 51.4 Å². The zero-order valence-electron chi connectivity index (χ0n) is 15.7. The Hall–Kier alpha value is -1.78. The Bertz CT molecular complexity index is 919. The van der Waals surface area contributed by atoms with Crippen LogP contribution in [0.5, 0.6) is 0 Å². The number of halogens is 2. The largest absolute Gasteiger partial charge is 0.380 e. The number of nitrogens with zero attached hydrogens (tertiary/aromatic N) is 2. The van der Waals surface area contributed by atoms with Crippen molar-refractivity contribution >= 4 is 45.4 Å². The van der Waals surface area contributed by atoms with E-state index >= 15 is 0 Å². The minimum absolute atomic E-state index is 0.172. The molecule has 28 heavy (non-hydrogen) atoms. The van der Waals surface area contributed by atoms with E-state index in [4.69, 9.17) is 27.9 Å². The van der Waals surface area contributed by atoms with E-state index in [2.05, 4.69) is 11.4 Å². The topological polar surface area (TPSA) is 65.4 Å². The van der Waals surface area contributed by atoms with Gasteiger partial charge in [0.05, 0.1) is 12.2 Å². The van der Waals surface area contributed by atoms with Gasteiger partial charge in [0.15, 0.2) is 0 Å². The number of amides is 1. The SMILES string of the molecule is CCOCCN(C)c1sc(C(=O)NC2CC2)c(-c2ccc(Cl)cc2Cl)c1C#N. The van der Waals surface area contributed by atoms with Crippen molar-refractivity contribution in [2.45, 2.75) is 25.8 Å². The lowest BCUT2D eigenvalue weighted by Gasteiger charge is -2.17. The van der Waals surface area contributed by atoms with Crippen LogP contribution in [0.2, 0.25) is 10.0 Å². The van der Waals surface area contributed by atoms with Crippen molar-refractivity contribution in [2.75, 3.05) is 31.7 Å². The zero-order valence-corrected chi connectivity index (χ0v) is 18.0. The number of rotatable bonds is 8. The predicted molar refractivity (Wildman–Crippen MR) is 115 cm³/mol. The highest BCUT2D eigenvalue weighted by Crippen LogP contribution is 2.44. The molecule has 1 aliphatic rings. The zero-order chi connectivity index (χ0) is 20.3. The number of carbonyl (C=O) groups excluding carboxylic acids is 1. The van der Waals surface area contributed by atoms with E-state index < -0.39 is 0 Å². The van der Waals surface area contributed by atoms with Gasteiger partial charge in [0.25, 0.3) is 5.91 Å². The Labute approximate surface area is 178 Å². The highest BCUT2D eigenvalue weighted by atomic mass is 35.5. The summed E-state index contributed by atoms with van der Waals surface area (Å²) in [6.07, 6.45) is 1.97. The number of hydrogen-bond acceptors (Lipinski definition) is 5. The molecule has 1 aromatic heterocycles. The first kappa shape index (κ1) is 20.9. The molecular formula is C20H21Cl2N3O2S. The first-order chi connectivity index (χ1) is 13.5. The van der Waals surface area contributed by atoms with Crippen LogP contribution in [0, 0.1) is 11.3 Å². The summed E-state index contributed by atoms with van der Waals surface area (Å²) in [6.45, 7) is 3.72. The van der Waals surface area contributed by atoms with Crippen molar-refractivity contribution in [3.63, 3.8) is 0 Å². The summed E-state index contributed by atoms with van der Waals surface area (Å²) >= 11 is 13.8. The third kappa shape index (κ3) is 4.61.